The van der Waals surface area contributed by atoms with Crippen LogP contribution in [0.3, 0.4) is 0 Å². The van der Waals surface area contributed by atoms with E-state index in [1.807, 2.05) is 18.2 Å². The van der Waals surface area contributed by atoms with Crippen molar-refractivity contribution in [1.29, 1.82) is 0 Å². The molecular weight excluding hydrogens is 733 g/mol. The van der Waals surface area contributed by atoms with Gasteiger partial charge in [-0.3, -0.25) is 14.4 Å². The SMILES string of the molecule is CC(C)N(CCOc1ncc(C(=O)N2CCC(c3ccc(Oc4ccc(C(F)(F)F)nn4)cc3)CC2)cc1NS(=O)(=O)Cc1ccccc1)C(C)C.Cl. The number of aromatic nitrogens is 3. The highest BCUT2D eigenvalue weighted by Crippen LogP contribution is 2.33. The molecule has 2 aromatic heterocycles. The summed E-state index contributed by atoms with van der Waals surface area (Å²) in [4.78, 5) is 22.1. The van der Waals surface area contributed by atoms with Gasteiger partial charge in [-0.15, -0.1) is 22.6 Å². The molecule has 286 valence electrons. The molecule has 0 atom stereocenters. The van der Waals surface area contributed by atoms with E-state index in [1.54, 1.807) is 41.3 Å². The number of nitrogens with one attached hydrogen (secondary N) is 1. The van der Waals surface area contributed by atoms with Crippen LogP contribution in [0.5, 0.6) is 17.5 Å². The quantitative estimate of drug-likeness (QED) is 0.138. The van der Waals surface area contributed by atoms with E-state index in [2.05, 4.69) is 52.5 Å². The monoisotopic (exact) mass is 776 g/mol. The van der Waals surface area contributed by atoms with Crippen LogP contribution in [0.1, 0.15) is 73.6 Å². The van der Waals surface area contributed by atoms with Crippen LogP contribution in [0, 0.1) is 0 Å². The molecule has 0 bridgehead atoms. The summed E-state index contributed by atoms with van der Waals surface area (Å²) >= 11 is 0. The number of sulfonamides is 1. The number of anilines is 1. The Morgan fingerprint density at radius 2 is 1.62 bits per heavy atom. The number of alkyl halides is 3. The largest absolute Gasteiger partial charge is 0.475 e. The summed E-state index contributed by atoms with van der Waals surface area (Å²) in [5, 5.41) is 6.67. The van der Waals surface area contributed by atoms with Gasteiger partial charge in [0.2, 0.25) is 21.8 Å². The number of rotatable bonds is 14. The molecule has 11 nitrogen and oxygen atoms in total. The number of nitrogens with zero attached hydrogens (tertiary/aromatic N) is 5. The molecule has 0 unspecified atom stereocenters. The van der Waals surface area contributed by atoms with E-state index in [4.69, 9.17) is 9.47 Å². The van der Waals surface area contributed by atoms with Crippen molar-refractivity contribution in [2.45, 2.75) is 70.5 Å². The number of carbonyl (C=O) groups excluding carboxylic acids is 1. The minimum absolute atomic E-state index is 0. The van der Waals surface area contributed by atoms with Crippen molar-refractivity contribution in [3.8, 4) is 17.5 Å². The van der Waals surface area contributed by atoms with E-state index in [9.17, 15) is 26.4 Å². The number of carbonyl (C=O) groups is 1. The van der Waals surface area contributed by atoms with E-state index in [0.29, 0.717) is 43.8 Å². The molecule has 2 aromatic carbocycles. The highest BCUT2D eigenvalue weighted by molar-refractivity contribution is 7.91. The number of likely N-dealkylation sites (tertiary alicyclic amines) is 1. The van der Waals surface area contributed by atoms with Crippen molar-refractivity contribution in [2.24, 2.45) is 0 Å². The molecule has 0 spiro atoms. The average molecular weight is 777 g/mol. The highest BCUT2D eigenvalue weighted by Gasteiger charge is 2.33. The second kappa shape index (κ2) is 18.0. The second-order valence-electron chi connectivity index (χ2n) is 13.2. The molecule has 4 aromatic rings. The van der Waals surface area contributed by atoms with Gasteiger partial charge in [-0.25, -0.2) is 13.4 Å². The molecule has 1 aliphatic heterocycles. The second-order valence-corrected chi connectivity index (χ2v) is 14.9. The third kappa shape index (κ3) is 11.5. The van der Waals surface area contributed by atoms with Crippen molar-refractivity contribution in [2.75, 3.05) is 31.0 Å². The van der Waals surface area contributed by atoms with E-state index in [-0.39, 0.29) is 71.7 Å². The number of benzene rings is 2. The number of piperidine rings is 1. The zero-order valence-electron chi connectivity index (χ0n) is 29.9. The van der Waals surface area contributed by atoms with Gasteiger partial charge in [0.25, 0.3) is 5.91 Å². The maximum absolute atomic E-state index is 13.7. The first-order valence-corrected chi connectivity index (χ1v) is 18.7. The molecule has 0 radical (unpaired) electrons. The van der Waals surface area contributed by atoms with Gasteiger partial charge in [-0.1, -0.05) is 42.5 Å². The topological polar surface area (TPSA) is 127 Å². The molecule has 16 heteroatoms. The summed E-state index contributed by atoms with van der Waals surface area (Å²) in [5.41, 5.74) is 0.881. The number of pyridine rings is 1. The van der Waals surface area contributed by atoms with Gasteiger partial charge in [-0.2, -0.15) is 13.2 Å². The third-order valence-electron chi connectivity index (χ3n) is 8.76. The van der Waals surface area contributed by atoms with Crippen molar-refractivity contribution in [3.63, 3.8) is 0 Å². The van der Waals surface area contributed by atoms with E-state index < -0.39 is 21.9 Å². The maximum Gasteiger partial charge on any atom is 0.435 e. The van der Waals surface area contributed by atoms with Crippen LogP contribution in [0.25, 0.3) is 0 Å². The fraction of sp³-hybridized carbons (Fsp3) is 0.405. The van der Waals surface area contributed by atoms with Crippen LogP contribution in [0.2, 0.25) is 0 Å². The lowest BCUT2D eigenvalue weighted by Crippen LogP contribution is -2.39. The third-order valence-corrected chi connectivity index (χ3v) is 10.0. The predicted molar refractivity (Wildman–Crippen MR) is 198 cm³/mol. The Morgan fingerprint density at radius 1 is 0.962 bits per heavy atom. The summed E-state index contributed by atoms with van der Waals surface area (Å²) in [6.07, 6.45) is -1.80. The Bertz CT molecular complexity index is 1890. The molecule has 1 saturated heterocycles. The van der Waals surface area contributed by atoms with Crippen molar-refractivity contribution >= 4 is 34.0 Å². The van der Waals surface area contributed by atoms with E-state index in [0.717, 1.165) is 17.7 Å². The van der Waals surface area contributed by atoms with Crippen LogP contribution in [0.15, 0.2) is 79.0 Å². The Balaban J connectivity index is 0.00000627. The Kier molecular flexibility index (Phi) is 14.1. The van der Waals surface area contributed by atoms with Gasteiger partial charge in [-0.05, 0) is 81.8 Å². The van der Waals surface area contributed by atoms with Crippen molar-refractivity contribution in [3.05, 3.63) is 101 Å². The Labute approximate surface area is 314 Å². The van der Waals surface area contributed by atoms with Crippen LogP contribution in [-0.4, -0.2) is 77.6 Å². The molecule has 0 aliphatic carbocycles. The summed E-state index contributed by atoms with van der Waals surface area (Å²) in [7, 11) is -3.87. The first-order valence-electron chi connectivity index (χ1n) is 17.1. The van der Waals surface area contributed by atoms with Gasteiger partial charge in [0.1, 0.15) is 18.0 Å². The zero-order valence-corrected chi connectivity index (χ0v) is 31.5. The number of amides is 1. The van der Waals surface area contributed by atoms with Gasteiger partial charge in [0.05, 0.1) is 11.3 Å². The smallest absolute Gasteiger partial charge is 0.435 e. The predicted octanol–water partition coefficient (Wildman–Crippen LogP) is 7.56. The van der Waals surface area contributed by atoms with Crippen molar-refractivity contribution in [1.82, 2.24) is 25.0 Å². The number of hydrogen-bond acceptors (Lipinski definition) is 9. The van der Waals surface area contributed by atoms with Gasteiger partial charge < -0.3 is 14.4 Å². The standard InChI is InChI=1S/C37H43F3N6O5S.ClH/c1-25(2)46(26(3)4)20-21-50-35-32(44-52(48,49)24-27-8-6-5-7-9-27)22-30(23-41-35)36(47)45-18-16-29(17-19-45)28-10-12-31(13-11-28)51-34-15-14-33(42-43-34)37(38,39)40;/h5-15,22-23,25-26,29,44H,16-21,24H2,1-4H3;1H. The molecule has 1 fully saturated rings. The van der Waals surface area contributed by atoms with Gasteiger partial charge in [0, 0.05) is 44.0 Å². The maximum atomic E-state index is 13.7. The molecule has 5 rings (SSSR count). The first-order chi connectivity index (χ1) is 24.7. The molecular formula is C37H44ClF3N6O5S. The fourth-order valence-electron chi connectivity index (χ4n) is 6.17. The van der Waals surface area contributed by atoms with Crippen LogP contribution >= 0.6 is 12.4 Å². The minimum Gasteiger partial charge on any atom is -0.475 e. The van der Waals surface area contributed by atoms with Crippen LogP contribution < -0.4 is 14.2 Å². The Morgan fingerprint density at radius 3 is 2.21 bits per heavy atom. The lowest BCUT2D eigenvalue weighted by Gasteiger charge is -2.32. The molecule has 1 amide bonds. The normalized spacial score (nSPS) is 14.0. The molecule has 0 saturated carbocycles. The molecule has 3 heterocycles. The number of ether oxygens (including phenoxy) is 2. The lowest BCUT2D eigenvalue weighted by molar-refractivity contribution is -0.141. The Hall–Kier alpha value is -4.47. The van der Waals surface area contributed by atoms with Crippen LogP contribution in [-0.2, 0) is 22.0 Å². The summed E-state index contributed by atoms with van der Waals surface area (Å²) in [6.45, 7) is 10.2. The summed E-state index contributed by atoms with van der Waals surface area (Å²) in [6, 6.07) is 20.0. The van der Waals surface area contributed by atoms with Crippen LogP contribution in [0.4, 0.5) is 18.9 Å². The lowest BCUT2D eigenvalue weighted by atomic mass is 9.89. The minimum atomic E-state index is -4.58. The zero-order chi connectivity index (χ0) is 37.5. The number of halogens is 4. The average Bonchev–Trinajstić information content (AvgIpc) is 3.10. The van der Waals surface area contributed by atoms with Gasteiger partial charge in [0.15, 0.2) is 5.69 Å². The van der Waals surface area contributed by atoms with Gasteiger partial charge >= 0.3 is 6.18 Å². The van der Waals surface area contributed by atoms with Crippen molar-refractivity contribution < 1.29 is 35.9 Å². The fourth-order valence-corrected chi connectivity index (χ4v) is 7.35. The first kappa shape index (κ1) is 41.3. The summed E-state index contributed by atoms with van der Waals surface area (Å²) < 4.78 is 79.0. The molecule has 1 N–H and O–H groups in total. The van der Waals surface area contributed by atoms with E-state index in [1.165, 1.54) is 12.3 Å². The van der Waals surface area contributed by atoms with E-state index >= 15 is 0 Å². The molecule has 53 heavy (non-hydrogen) atoms. The summed E-state index contributed by atoms with van der Waals surface area (Å²) in [5.74, 6) is 0.0687. The highest BCUT2D eigenvalue weighted by atomic mass is 35.5. The molecule has 1 aliphatic rings. The number of hydrogen-bond donors (Lipinski definition) is 1.